The van der Waals surface area contributed by atoms with Gasteiger partial charge < -0.3 is 10.6 Å². The molecule has 72 valence electrons. The highest BCUT2D eigenvalue weighted by atomic mass is 32.2. The summed E-state index contributed by atoms with van der Waals surface area (Å²) >= 11 is 4.76. The van der Waals surface area contributed by atoms with Crippen molar-refractivity contribution in [2.75, 3.05) is 26.4 Å². The molecule has 0 saturated heterocycles. The molecule has 0 bridgehead atoms. The minimum absolute atomic E-state index is 0.334. The fourth-order valence-corrected chi connectivity index (χ4v) is 1.08. The summed E-state index contributed by atoms with van der Waals surface area (Å²) in [6, 6.07) is 0. The zero-order valence-corrected chi connectivity index (χ0v) is 8.68. The SMILES string of the molecule is CNC(=S)NCCNS(C)(=O)=O. The van der Waals surface area contributed by atoms with Crippen LogP contribution >= 0.6 is 12.2 Å². The van der Waals surface area contributed by atoms with E-state index in [2.05, 4.69) is 15.4 Å². The van der Waals surface area contributed by atoms with Crippen molar-refractivity contribution in [2.45, 2.75) is 0 Å². The van der Waals surface area contributed by atoms with Gasteiger partial charge in [0.05, 0.1) is 6.26 Å². The molecule has 12 heavy (non-hydrogen) atoms. The van der Waals surface area contributed by atoms with Crippen LogP contribution in [0.4, 0.5) is 0 Å². The first-order valence-corrected chi connectivity index (χ1v) is 5.66. The second kappa shape index (κ2) is 5.28. The van der Waals surface area contributed by atoms with Crippen molar-refractivity contribution in [3.05, 3.63) is 0 Å². The molecule has 0 atom stereocenters. The predicted molar refractivity (Wildman–Crippen MR) is 52.5 cm³/mol. The largest absolute Gasteiger partial charge is 0.366 e. The number of hydrogen-bond acceptors (Lipinski definition) is 3. The Morgan fingerprint density at radius 1 is 1.42 bits per heavy atom. The number of thiocarbonyl (C=S) groups is 1. The lowest BCUT2D eigenvalue weighted by Crippen LogP contribution is -2.38. The highest BCUT2D eigenvalue weighted by molar-refractivity contribution is 7.88. The van der Waals surface area contributed by atoms with E-state index in [9.17, 15) is 8.42 Å². The van der Waals surface area contributed by atoms with E-state index in [1.165, 1.54) is 0 Å². The fourth-order valence-electron chi connectivity index (χ4n) is 0.501. The van der Waals surface area contributed by atoms with Crippen LogP contribution in [0.2, 0.25) is 0 Å². The Labute approximate surface area is 78.0 Å². The normalized spacial score (nSPS) is 10.8. The highest BCUT2D eigenvalue weighted by Gasteiger charge is 1.98. The van der Waals surface area contributed by atoms with Crippen molar-refractivity contribution in [1.29, 1.82) is 0 Å². The minimum atomic E-state index is -3.08. The van der Waals surface area contributed by atoms with Crippen LogP contribution in [-0.4, -0.2) is 39.9 Å². The Kier molecular flexibility index (Phi) is 5.11. The van der Waals surface area contributed by atoms with Crippen molar-refractivity contribution >= 4 is 27.4 Å². The molecule has 0 aliphatic rings. The molecule has 0 spiro atoms. The van der Waals surface area contributed by atoms with E-state index < -0.39 is 10.0 Å². The topological polar surface area (TPSA) is 70.2 Å². The summed E-state index contributed by atoms with van der Waals surface area (Å²) in [5, 5.41) is 6.01. The third-order valence-electron chi connectivity index (χ3n) is 1.00. The summed E-state index contributed by atoms with van der Waals surface area (Å²) in [7, 11) is -1.39. The predicted octanol–water partition coefficient (Wildman–Crippen LogP) is -1.37. The maximum absolute atomic E-state index is 10.6. The third-order valence-corrected chi connectivity index (χ3v) is 2.08. The quantitative estimate of drug-likeness (QED) is 0.395. The van der Waals surface area contributed by atoms with E-state index in [1.54, 1.807) is 7.05 Å². The van der Waals surface area contributed by atoms with Crippen LogP contribution in [0.5, 0.6) is 0 Å². The lowest BCUT2D eigenvalue weighted by molar-refractivity contribution is 0.587. The van der Waals surface area contributed by atoms with Gasteiger partial charge in [0.1, 0.15) is 0 Å². The average molecular weight is 211 g/mol. The molecular weight excluding hydrogens is 198 g/mol. The van der Waals surface area contributed by atoms with Crippen molar-refractivity contribution in [2.24, 2.45) is 0 Å². The Morgan fingerprint density at radius 2 is 2.00 bits per heavy atom. The maximum Gasteiger partial charge on any atom is 0.208 e. The second-order valence-electron chi connectivity index (χ2n) is 2.17. The van der Waals surface area contributed by atoms with Gasteiger partial charge in [0.25, 0.3) is 0 Å². The fraction of sp³-hybridized carbons (Fsp3) is 0.800. The van der Waals surface area contributed by atoms with Crippen molar-refractivity contribution in [1.82, 2.24) is 15.4 Å². The Bertz CT molecular complexity index is 237. The lowest BCUT2D eigenvalue weighted by Gasteiger charge is -2.06. The molecule has 0 aliphatic heterocycles. The van der Waals surface area contributed by atoms with Gasteiger partial charge in [-0.1, -0.05) is 0 Å². The number of rotatable bonds is 4. The van der Waals surface area contributed by atoms with E-state index in [1.807, 2.05) is 0 Å². The van der Waals surface area contributed by atoms with Crippen LogP contribution in [0.15, 0.2) is 0 Å². The molecule has 0 aromatic rings. The summed E-state index contributed by atoms with van der Waals surface area (Å²) in [6.07, 6.45) is 1.11. The van der Waals surface area contributed by atoms with Crippen LogP contribution in [0.1, 0.15) is 0 Å². The molecule has 0 aliphatic carbocycles. The number of sulfonamides is 1. The van der Waals surface area contributed by atoms with Crippen LogP contribution in [-0.2, 0) is 10.0 Å². The summed E-state index contributed by atoms with van der Waals surface area (Å²) in [4.78, 5) is 0. The second-order valence-corrected chi connectivity index (χ2v) is 4.41. The van der Waals surface area contributed by atoms with Gasteiger partial charge in [0.2, 0.25) is 10.0 Å². The highest BCUT2D eigenvalue weighted by Crippen LogP contribution is 1.71. The van der Waals surface area contributed by atoms with Gasteiger partial charge >= 0.3 is 0 Å². The van der Waals surface area contributed by atoms with E-state index in [-0.39, 0.29) is 0 Å². The summed E-state index contributed by atoms with van der Waals surface area (Å²) in [5.41, 5.74) is 0. The molecule has 0 heterocycles. The van der Waals surface area contributed by atoms with E-state index in [4.69, 9.17) is 12.2 Å². The molecule has 0 amide bonds. The molecule has 3 N–H and O–H groups in total. The standard InChI is InChI=1S/C5H13N3O2S2/c1-6-5(11)7-3-4-8-12(2,9)10/h8H,3-4H2,1-2H3,(H2,6,7,11). The zero-order chi connectivity index (χ0) is 9.61. The van der Waals surface area contributed by atoms with Gasteiger partial charge in [-0.05, 0) is 12.2 Å². The Morgan fingerprint density at radius 3 is 2.42 bits per heavy atom. The van der Waals surface area contributed by atoms with Crippen LogP contribution in [0.3, 0.4) is 0 Å². The third kappa shape index (κ3) is 7.70. The zero-order valence-electron chi connectivity index (χ0n) is 7.05. The van der Waals surface area contributed by atoms with Crippen molar-refractivity contribution in [3.8, 4) is 0 Å². The van der Waals surface area contributed by atoms with Gasteiger partial charge in [0.15, 0.2) is 5.11 Å². The van der Waals surface area contributed by atoms with Crippen molar-refractivity contribution < 1.29 is 8.42 Å². The van der Waals surface area contributed by atoms with Crippen LogP contribution in [0.25, 0.3) is 0 Å². The van der Waals surface area contributed by atoms with Crippen molar-refractivity contribution in [3.63, 3.8) is 0 Å². The van der Waals surface area contributed by atoms with E-state index >= 15 is 0 Å². The monoisotopic (exact) mass is 211 g/mol. The van der Waals surface area contributed by atoms with Crippen LogP contribution < -0.4 is 15.4 Å². The molecule has 0 saturated carbocycles. The summed E-state index contributed by atoms with van der Waals surface area (Å²) < 4.78 is 23.4. The molecule has 0 radical (unpaired) electrons. The lowest BCUT2D eigenvalue weighted by atomic mass is 10.6. The smallest absolute Gasteiger partial charge is 0.208 e. The first-order valence-electron chi connectivity index (χ1n) is 3.36. The van der Waals surface area contributed by atoms with E-state index in [0.717, 1.165) is 6.26 Å². The van der Waals surface area contributed by atoms with Gasteiger partial charge in [-0.15, -0.1) is 0 Å². The molecule has 0 unspecified atom stereocenters. The Balaban J connectivity index is 3.40. The average Bonchev–Trinajstić information content (AvgIpc) is 1.96. The number of hydrogen-bond donors (Lipinski definition) is 3. The molecule has 0 rings (SSSR count). The first kappa shape index (κ1) is 11.6. The molecule has 7 heteroatoms. The van der Waals surface area contributed by atoms with Gasteiger partial charge in [-0.2, -0.15) is 0 Å². The molecular formula is C5H13N3O2S2. The molecule has 0 fully saturated rings. The van der Waals surface area contributed by atoms with Gasteiger partial charge in [-0.25, -0.2) is 13.1 Å². The van der Waals surface area contributed by atoms with Gasteiger partial charge in [0, 0.05) is 20.1 Å². The van der Waals surface area contributed by atoms with Crippen LogP contribution in [0, 0.1) is 0 Å². The first-order chi connectivity index (χ1) is 5.45. The Hall–Kier alpha value is -0.400. The molecule has 5 nitrogen and oxygen atoms in total. The van der Waals surface area contributed by atoms with E-state index in [0.29, 0.717) is 18.2 Å². The summed E-state index contributed by atoms with van der Waals surface area (Å²) in [5.74, 6) is 0. The minimum Gasteiger partial charge on any atom is -0.366 e. The summed E-state index contributed by atoms with van der Waals surface area (Å²) in [6.45, 7) is 0.813. The maximum atomic E-state index is 10.6. The van der Waals surface area contributed by atoms with Gasteiger partial charge in [-0.3, -0.25) is 0 Å². The molecule has 0 aromatic carbocycles. The number of nitrogens with one attached hydrogen (secondary N) is 3. The molecule has 0 aromatic heterocycles.